The minimum atomic E-state index is -2.63. The molecule has 0 aromatic heterocycles. The SMILES string of the molecule is CC(CNC(=O)C1CCC(F)(F)CC1)C(N)=NO. The molecule has 1 saturated carbocycles. The number of amides is 1. The Morgan fingerprint density at radius 3 is 2.61 bits per heavy atom. The lowest BCUT2D eigenvalue weighted by atomic mass is 9.86. The molecule has 18 heavy (non-hydrogen) atoms. The molecule has 4 N–H and O–H groups in total. The summed E-state index contributed by atoms with van der Waals surface area (Å²) in [4.78, 5) is 11.7. The highest BCUT2D eigenvalue weighted by Crippen LogP contribution is 2.36. The van der Waals surface area contributed by atoms with Crippen LogP contribution in [0.4, 0.5) is 8.78 Å². The van der Waals surface area contributed by atoms with Crippen LogP contribution >= 0.6 is 0 Å². The van der Waals surface area contributed by atoms with Gasteiger partial charge in [0.1, 0.15) is 5.84 Å². The molecule has 1 rings (SSSR count). The molecular weight excluding hydrogens is 244 g/mol. The van der Waals surface area contributed by atoms with Crippen molar-refractivity contribution in [3.05, 3.63) is 0 Å². The molecule has 0 bridgehead atoms. The second kappa shape index (κ2) is 5.97. The molecule has 0 radical (unpaired) electrons. The lowest BCUT2D eigenvalue weighted by molar-refractivity contribution is -0.129. The van der Waals surface area contributed by atoms with E-state index in [1.54, 1.807) is 6.92 Å². The summed E-state index contributed by atoms with van der Waals surface area (Å²) in [7, 11) is 0. The van der Waals surface area contributed by atoms with Gasteiger partial charge in [-0.25, -0.2) is 8.78 Å². The molecule has 1 aliphatic carbocycles. The van der Waals surface area contributed by atoms with Gasteiger partial charge in [0.2, 0.25) is 11.8 Å². The van der Waals surface area contributed by atoms with Crippen LogP contribution in [0, 0.1) is 11.8 Å². The van der Waals surface area contributed by atoms with E-state index >= 15 is 0 Å². The van der Waals surface area contributed by atoms with Gasteiger partial charge in [0, 0.05) is 31.2 Å². The zero-order valence-electron chi connectivity index (χ0n) is 10.3. The van der Waals surface area contributed by atoms with Crippen LogP contribution in [0.3, 0.4) is 0 Å². The molecule has 0 saturated heterocycles. The van der Waals surface area contributed by atoms with Crippen molar-refractivity contribution in [3.63, 3.8) is 0 Å². The first-order chi connectivity index (χ1) is 8.35. The van der Waals surface area contributed by atoms with E-state index in [2.05, 4.69) is 10.5 Å². The van der Waals surface area contributed by atoms with Gasteiger partial charge in [-0.1, -0.05) is 12.1 Å². The fraction of sp³-hybridized carbons (Fsp3) is 0.818. The zero-order valence-corrected chi connectivity index (χ0v) is 10.3. The van der Waals surface area contributed by atoms with Crippen LogP contribution in [0.1, 0.15) is 32.6 Å². The van der Waals surface area contributed by atoms with Crippen LogP contribution < -0.4 is 11.1 Å². The largest absolute Gasteiger partial charge is 0.409 e. The molecule has 1 unspecified atom stereocenters. The van der Waals surface area contributed by atoms with E-state index in [1.165, 1.54) is 0 Å². The summed E-state index contributed by atoms with van der Waals surface area (Å²) in [6.45, 7) is 1.94. The van der Waals surface area contributed by atoms with Crippen molar-refractivity contribution >= 4 is 11.7 Å². The summed E-state index contributed by atoms with van der Waals surface area (Å²) in [5, 5.41) is 13.9. The summed E-state index contributed by atoms with van der Waals surface area (Å²) in [6, 6.07) is 0. The number of nitrogens with zero attached hydrogens (tertiary/aromatic N) is 1. The van der Waals surface area contributed by atoms with Gasteiger partial charge in [0.05, 0.1) is 0 Å². The first-order valence-corrected chi connectivity index (χ1v) is 5.98. The predicted octanol–water partition coefficient (Wildman–Crippen LogP) is 1.31. The van der Waals surface area contributed by atoms with Gasteiger partial charge < -0.3 is 16.3 Å². The highest BCUT2D eigenvalue weighted by Gasteiger charge is 2.37. The summed E-state index contributed by atoms with van der Waals surface area (Å²) in [6.07, 6.45) is -0.0602. The Kier molecular flexibility index (Phi) is 4.86. The molecule has 1 aliphatic rings. The Labute approximate surface area is 104 Å². The van der Waals surface area contributed by atoms with Gasteiger partial charge in [-0.2, -0.15) is 0 Å². The van der Waals surface area contributed by atoms with Crippen LogP contribution in [-0.2, 0) is 4.79 Å². The van der Waals surface area contributed by atoms with Crippen molar-refractivity contribution in [3.8, 4) is 0 Å². The number of alkyl halides is 2. The van der Waals surface area contributed by atoms with Crippen LogP contribution in [0.2, 0.25) is 0 Å². The van der Waals surface area contributed by atoms with Crippen molar-refractivity contribution < 1.29 is 18.8 Å². The predicted molar refractivity (Wildman–Crippen MR) is 62.5 cm³/mol. The molecule has 7 heteroatoms. The fourth-order valence-corrected chi connectivity index (χ4v) is 1.90. The van der Waals surface area contributed by atoms with Gasteiger partial charge in [-0.05, 0) is 12.8 Å². The summed E-state index contributed by atoms with van der Waals surface area (Å²) in [5.74, 6) is -3.47. The summed E-state index contributed by atoms with van der Waals surface area (Å²) >= 11 is 0. The molecule has 1 amide bonds. The van der Waals surface area contributed by atoms with E-state index in [9.17, 15) is 13.6 Å². The zero-order chi connectivity index (χ0) is 13.8. The Morgan fingerprint density at radius 2 is 2.11 bits per heavy atom. The van der Waals surface area contributed by atoms with Crippen LogP contribution in [-0.4, -0.2) is 29.4 Å². The molecule has 5 nitrogen and oxygen atoms in total. The Morgan fingerprint density at radius 1 is 1.56 bits per heavy atom. The fourth-order valence-electron chi connectivity index (χ4n) is 1.90. The molecule has 1 fully saturated rings. The minimum absolute atomic E-state index is 0.0328. The van der Waals surface area contributed by atoms with E-state index in [-0.39, 0.29) is 55.8 Å². The van der Waals surface area contributed by atoms with Crippen molar-refractivity contribution in [2.45, 2.75) is 38.5 Å². The quantitative estimate of drug-likeness (QED) is 0.309. The highest BCUT2D eigenvalue weighted by molar-refractivity contribution is 5.83. The monoisotopic (exact) mass is 263 g/mol. The summed E-state index contributed by atoms with van der Waals surface area (Å²) < 4.78 is 25.8. The average Bonchev–Trinajstić information content (AvgIpc) is 2.34. The third-order valence-corrected chi connectivity index (χ3v) is 3.29. The Hall–Kier alpha value is -1.40. The average molecular weight is 263 g/mol. The van der Waals surface area contributed by atoms with E-state index in [0.717, 1.165) is 0 Å². The van der Waals surface area contributed by atoms with E-state index < -0.39 is 5.92 Å². The second-order valence-electron chi connectivity index (χ2n) is 4.80. The molecule has 0 spiro atoms. The van der Waals surface area contributed by atoms with Gasteiger partial charge in [-0.3, -0.25) is 4.79 Å². The van der Waals surface area contributed by atoms with E-state index in [0.29, 0.717) is 0 Å². The standard InChI is InChI=1S/C11H19F2N3O2/c1-7(9(14)16-18)6-15-10(17)8-2-4-11(12,13)5-3-8/h7-8,18H,2-6H2,1H3,(H2,14,16)(H,15,17). The molecule has 104 valence electrons. The van der Waals surface area contributed by atoms with Crippen molar-refractivity contribution in [2.24, 2.45) is 22.7 Å². The third kappa shape index (κ3) is 4.12. The lowest BCUT2D eigenvalue weighted by Gasteiger charge is -2.27. The molecular formula is C11H19F2N3O2. The van der Waals surface area contributed by atoms with Gasteiger partial charge in [0.25, 0.3) is 0 Å². The number of nitrogens with one attached hydrogen (secondary N) is 1. The summed E-state index contributed by atoms with van der Waals surface area (Å²) in [5.41, 5.74) is 5.37. The molecule has 0 aromatic rings. The number of nitrogens with two attached hydrogens (primary N) is 1. The van der Waals surface area contributed by atoms with Gasteiger partial charge in [0.15, 0.2) is 0 Å². The normalized spacial score (nSPS) is 22.5. The number of hydrogen-bond donors (Lipinski definition) is 3. The molecule has 0 aromatic carbocycles. The number of carbonyl (C=O) groups excluding carboxylic acids is 1. The maximum Gasteiger partial charge on any atom is 0.248 e. The number of halogens is 2. The smallest absolute Gasteiger partial charge is 0.248 e. The van der Waals surface area contributed by atoms with Crippen LogP contribution in [0.5, 0.6) is 0 Å². The van der Waals surface area contributed by atoms with Crippen molar-refractivity contribution in [2.75, 3.05) is 6.54 Å². The van der Waals surface area contributed by atoms with Crippen molar-refractivity contribution in [1.82, 2.24) is 5.32 Å². The molecule has 1 atom stereocenters. The highest BCUT2D eigenvalue weighted by atomic mass is 19.3. The van der Waals surface area contributed by atoms with E-state index in [1.807, 2.05) is 0 Å². The number of hydrogen-bond acceptors (Lipinski definition) is 3. The lowest BCUT2D eigenvalue weighted by Crippen LogP contribution is -2.40. The maximum atomic E-state index is 12.9. The topological polar surface area (TPSA) is 87.7 Å². The number of carbonyl (C=O) groups is 1. The number of rotatable bonds is 4. The Balaban J connectivity index is 2.34. The van der Waals surface area contributed by atoms with Crippen LogP contribution in [0.15, 0.2) is 5.16 Å². The number of oxime groups is 1. The van der Waals surface area contributed by atoms with Crippen LogP contribution in [0.25, 0.3) is 0 Å². The van der Waals surface area contributed by atoms with Gasteiger partial charge in [-0.15, -0.1) is 0 Å². The molecule has 0 heterocycles. The molecule has 0 aliphatic heterocycles. The first-order valence-electron chi connectivity index (χ1n) is 5.98. The minimum Gasteiger partial charge on any atom is -0.409 e. The first kappa shape index (κ1) is 14.7. The second-order valence-corrected chi connectivity index (χ2v) is 4.80. The Bertz CT molecular complexity index is 324. The number of amidine groups is 1. The van der Waals surface area contributed by atoms with E-state index in [4.69, 9.17) is 10.9 Å². The van der Waals surface area contributed by atoms with Gasteiger partial charge >= 0.3 is 0 Å². The van der Waals surface area contributed by atoms with Crippen molar-refractivity contribution in [1.29, 1.82) is 0 Å². The third-order valence-electron chi connectivity index (χ3n) is 3.29. The maximum absolute atomic E-state index is 12.9.